The Bertz CT molecular complexity index is 2530. The number of rotatable bonds is 69. The minimum Gasteiger partial charge on any atom is -0.394 e. The van der Waals surface area contributed by atoms with Crippen molar-refractivity contribution in [3.05, 3.63) is 134 Å². The van der Waals surface area contributed by atoms with Crippen LogP contribution in [-0.2, 0) is 33.2 Å². The van der Waals surface area contributed by atoms with Gasteiger partial charge >= 0.3 is 0 Å². The van der Waals surface area contributed by atoms with Crippen LogP contribution < -0.4 is 5.32 Å². The average Bonchev–Trinajstić information content (AvgIpc) is 0.779. The molecule has 111 heavy (non-hydrogen) atoms. The molecule has 3 aliphatic rings. The van der Waals surface area contributed by atoms with Crippen molar-refractivity contribution in [2.45, 2.75) is 413 Å². The van der Waals surface area contributed by atoms with Gasteiger partial charge in [-0.25, -0.2) is 0 Å². The highest BCUT2D eigenvalue weighted by Crippen LogP contribution is 2.33. The summed E-state index contributed by atoms with van der Waals surface area (Å²) in [5.41, 5.74) is 0. The second-order valence-corrected chi connectivity index (χ2v) is 30.6. The van der Waals surface area contributed by atoms with E-state index in [4.69, 9.17) is 28.4 Å². The lowest BCUT2D eigenvalue weighted by Crippen LogP contribution is -2.66. The molecule has 0 radical (unpaired) electrons. The van der Waals surface area contributed by atoms with Crippen molar-refractivity contribution in [2.75, 3.05) is 26.4 Å². The van der Waals surface area contributed by atoms with Gasteiger partial charge in [0.1, 0.15) is 73.2 Å². The number of hydrogen-bond donors (Lipinski definition) is 12. The van der Waals surface area contributed by atoms with Crippen LogP contribution in [0.4, 0.5) is 0 Å². The van der Waals surface area contributed by atoms with E-state index >= 15 is 0 Å². The van der Waals surface area contributed by atoms with Crippen LogP contribution in [0.25, 0.3) is 0 Å². The quantitative estimate of drug-likeness (QED) is 0.0199. The van der Waals surface area contributed by atoms with E-state index in [0.717, 1.165) is 109 Å². The van der Waals surface area contributed by atoms with Gasteiger partial charge in [-0.3, -0.25) is 4.79 Å². The molecule has 3 heterocycles. The van der Waals surface area contributed by atoms with E-state index in [2.05, 4.69) is 153 Å². The summed E-state index contributed by atoms with van der Waals surface area (Å²) in [5.74, 6) is -0.276. The first-order valence-corrected chi connectivity index (χ1v) is 43.9. The first-order valence-electron chi connectivity index (χ1n) is 43.9. The summed E-state index contributed by atoms with van der Waals surface area (Å²) in [6.07, 6.45) is 74.0. The van der Waals surface area contributed by atoms with Crippen molar-refractivity contribution < 1.29 is 89.4 Å². The molecule has 0 bridgehead atoms. The van der Waals surface area contributed by atoms with Gasteiger partial charge in [0.05, 0.1) is 38.6 Å². The van der Waals surface area contributed by atoms with Gasteiger partial charge in [-0.1, -0.05) is 340 Å². The average molecular weight is 1570 g/mol. The number of ether oxygens (including phenoxy) is 6. The van der Waals surface area contributed by atoms with E-state index in [1.165, 1.54) is 161 Å². The third kappa shape index (κ3) is 48.9. The van der Waals surface area contributed by atoms with Gasteiger partial charge in [0, 0.05) is 6.42 Å². The highest BCUT2D eigenvalue weighted by molar-refractivity contribution is 5.76. The minimum atomic E-state index is -1.98. The van der Waals surface area contributed by atoms with Crippen molar-refractivity contribution in [1.82, 2.24) is 5.32 Å². The number of carbonyl (C=O) groups is 1. The van der Waals surface area contributed by atoms with E-state index < -0.39 is 124 Å². The fourth-order valence-corrected chi connectivity index (χ4v) is 14.0. The van der Waals surface area contributed by atoms with Crippen molar-refractivity contribution in [1.29, 1.82) is 0 Å². The Morgan fingerprint density at radius 2 is 0.622 bits per heavy atom. The Morgan fingerprint density at radius 1 is 0.333 bits per heavy atom. The summed E-state index contributed by atoms with van der Waals surface area (Å²) in [7, 11) is 0. The van der Waals surface area contributed by atoms with Crippen LogP contribution in [0.1, 0.15) is 309 Å². The van der Waals surface area contributed by atoms with Crippen LogP contribution >= 0.6 is 0 Å². The summed E-state index contributed by atoms with van der Waals surface area (Å²) in [6.45, 7) is 1.69. The molecule has 19 nitrogen and oxygen atoms in total. The van der Waals surface area contributed by atoms with Crippen molar-refractivity contribution >= 4 is 5.91 Å². The number of nitrogens with one attached hydrogen (secondary N) is 1. The third-order valence-electron chi connectivity index (χ3n) is 21.0. The van der Waals surface area contributed by atoms with Crippen LogP contribution in [0.2, 0.25) is 0 Å². The predicted octanol–water partition coefficient (Wildman–Crippen LogP) is 16.4. The number of aliphatic hydroxyl groups excluding tert-OH is 11. The molecule has 1 amide bonds. The predicted molar refractivity (Wildman–Crippen MR) is 447 cm³/mol. The van der Waals surface area contributed by atoms with E-state index in [0.29, 0.717) is 19.3 Å². The third-order valence-corrected chi connectivity index (χ3v) is 21.0. The Hall–Kier alpha value is -4.07. The smallest absolute Gasteiger partial charge is 0.220 e. The monoisotopic (exact) mass is 1560 g/mol. The summed E-state index contributed by atoms with van der Waals surface area (Å²) in [5, 5.41) is 121. The maximum atomic E-state index is 13.5. The molecule has 0 aromatic carbocycles. The number of unbranched alkanes of at least 4 members (excludes halogenated alkanes) is 31. The second kappa shape index (κ2) is 70.2. The van der Waals surface area contributed by atoms with Gasteiger partial charge < -0.3 is 89.9 Å². The van der Waals surface area contributed by atoms with E-state index in [1.54, 1.807) is 0 Å². The molecule has 17 unspecified atom stereocenters. The molecule has 0 aromatic rings. The largest absolute Gasteiger partial charge is 0.394 e. The van der Waals surface area contributed by atoms with Gasteiger partial charge in [0.25, 0.3) is 0 Å². The fourth-order valence-electron chi connectivity index (χ4n) is 14.0. The molecule has 0 aromatic heterocycles. The topological polar surface area (TPSA) is 307 Å². The Labute approximate surface area is 670 Å². The van der Waals surface area contributed by atoms with Crippen LogP contribution in [0.3, 0.4) is 0 Å². The molecular weight excluding hydrogens is 1410 g/mol. The van der Waals surface area contributed by atoms with Gasteiger partial charge in [0.2, 0.25) is 5.91 Å². The van der Waals surface area contributed by atoms with Gasteiger partial charge in [-0.2, -0.15) is 0 Å². The first kappa shape index (κ1) is 101. The maximum absolute atomic E-state index is 13.5. The van der Waals surface area contributed by atoms with Gasteiger partial charge in [-0.15, -0.1) is 0 Å². The van der Waals surface area contributed by atoms with Crippen LogP contribution in [-0.4, -0.2) is 193 Å². The maximum Gasteiger partial charge on any atom is 0.220 e. The fraction of sp³-hybridized carbons (Fsp3) is 0.750. The van der Waals surface area contributed by atoms with Crippen molar-refractivity contribution in [2.24, 2.45) is 0 Å². The highest BCUT2D eigenvalue weighted by Gasteiger charge is 2.54. The Morgan fingerprint density at radius 3 is 0.964 bits per heavy atom. The van der Waals surface area contributed by atoms with Crippen molar-refractivity contribution in [3.8, 4) is 0 Å². The van der Waals surface area contributed by atoms with Gasteiger partial charge in [-0.05, 0) is 96.3 Å². The van der Waals surface area contributed by atoms with E-state index in [1.807, 2.05) is 0 Å². The zero-order valence-electron chi connectivity index (χ0n) is 68.6. The molecule has 0 aliphatic carbocycles. The van der Waals surface area contributed by atoms with Crippen LogP contribution in [0.15, 0.2) is 134 Å². The first-order chi connectivity index (χ1) is 54.3. The van der Waals surface area contributed by atoms with Crippen LogP contribution in [0.5, 0.6) is 0 Å². The molecule has 19 heteroatoms. The van der Waals surface area contributed by atoms with Gasteiger partial charge in [0.15, 0.2) is 18.9 Å². The number of aliphatic hydroxyl groups is 11. The van der Waals surface area contributed by atoms with E-state index in [9.17, 15) is 61.0 Å². The second-order valence-electron chi connectivity index (χ2n) is 30.6. The zero-order valence-corrected chi connectivity index (χ0v) is 68.6. The van der Waals surface area contributed by atoms with E-state index in [-0.39, 0.29) is 18.9 Å². The lowest BCUT2D eigenvalue weighted by molar-refractivity contribution is -0.379. The highest BCUT2D eigenvalue weighted by atomic mass is 16.8. The number of carbonyl (C=O) groups excluding carboxylic acids is 1. The lowest BCUT2D eigenvalue weighted by atomic mass is 9.96. The SMILES string of the molecule is CC/C=C\C/C=C\C/C=C\C/C=C\C/C=C\C/C=C\C/C=C\C/C=C\C/C=C\C/C=C\C/C=C\CCCCCC(=O)NC(COC1OC(CO)C(OC2OC(CO)C(OC3OC(CO)C(O)C(O)C3O)C(O)C2O)C(O)C1O)C(O)CCCCCCCCCCCCCCCCCCCCCCCCCCCCCCC. The molecule has 3 rings (SSSR count). The molecule has 0 spiro atoms. The van der Waals surface area contributed by atoms with Crippen LogP contribution in [0, 0.1) is 0 Å². The molecule has 3 fully saturated rings. The molecule has 0 saturated carbocycles. The standard InChI is InChI=1S/C92H157NO18/c1-3-5-7-9-11-13-15-17-19-21-23-25-27-29-31-33-34-35-36-37-38-39-40-42-44-46-48-50-52-54-56-58-60-62-64-66-68-70-80(98)93-75(76(97)69-67-65-63-61-59-57-55-53-51-49-47-45-43-41-32-30-28-26-24-22-20-18-16-14-12-10-8-6-4-2)74-106-90-86(104)83(101)88(78(72-95)108-90)111-92-87(105)84(102)89(79(73-96)109-92)110-91-85(103)82(100)81(99)77(71-94)107-91/h5,7,11,13,17,19,23,25,29,31,34-35,37-38,40,42,46,48,52,54,58,60,75-79,81-92,94-97,99-105H,3-4,6,8-10,12,14-16,18,20-22,24,26-28,30,32-33,36,39,41,43-45,47,49-51,53,55-57,59,61-74H2,1-2H3,(H,93,98)/b7-5-,13-11-,19-17-,25-23-,31-29-,35-34-,38-37-,42-40-,48-46-,54-52-,60-58-. The number of amides is 1. The molecule has 3 saturated heterocycles. The summed E-state index contributed by atoms with van der Waals surface area (Å²) >= 11 is 0. The number of allylic oxidation sites excluding steroid dienone is 22. The molecule has 12 N–H and O–H groups in total. The summed E-state index contributed by atoms with van der Waals surface area (Å²) in [6, 6.07) is -0.918. The summed E-state index contributed by atoms with van der Waals surface area (Å²) < 4.78 is 34.5. The number of hydrogen-bond acceptors (Lipinski definition) is 18. The van der Waals surface area contributed by atoms with Crippen molar-refractivity contribution in [3.63, 3.8) is 0 Å². The molecule has 17 atom stereocenters. The Kier molecular flexibility index (Phi) is 63.9. The minimum absolute atomic E-state index is 0.218. The Balaban J connectivity index is 1.36. The molecule has 638 valence electrons. The molecule has 3 aliphatic heterocycles. The lowest BCUT2D eigenvalue weighted by Gasteiger charge is -2.48. The zero-order chi connectivity index (χ0) is 80.3. The molecular formula is C92H157NO18. The summed E-state index contributed by atoms with van der Waals surface area (Å²) in [4.78, 5) is 13.5. The normalized spacial score (nSPS) is 25.7.